The number of rotatable bonds is 5. The van der Waals surface area contributed by atoms with Crippen LogP contribution in [0.1, 0.15) is 55.8 Å². The van der Waals surface area contributed by atoms with Crippen LogP contribution in [0.5, 0.6) is 5.75 Å². The van der Waals surface area contributed by atoms with E-state index in [0.29, 0.717) is 18.9 Å². The van der Waals surface area contributed by atoms with Gasteiger partial charge in [0.25, 0.3) is 0 Å². The molecule has 1 aliphatic rings. The standard InChI is InChI=1S/C17H25NO3/c1-5-11-6-7-13(10(2)3)15(16(11)21-4)14-8-12(9-18-14)17(19)20/h6-7,10,12,14,18H,5,8-9H2,1-4H3,(H,19,20). The minimum atomic E-state index is -0.721. The molecular weight excluding hydrogens is 266 g/mol. The summed E-state index contributed by atoms with van der Waals surface area (Å²) in [7, 11) is 1.70. The van der Waals surface area contributed by atoms with Crippen molar-refractivity contribution in [3.63, 3.8) is 0 Å². The molecule has 0 spiro atoms. The van der Waals surface area contributed by atoms with E-state index in [0.717, 1.165) is 17.7 Å². The van der Waals surface area contributed by atoms with Gasteiger partial charge in [-0.1, -0.05) is 32.9 Å². The number of aryl methyl sites for hydroxylation is 1. The summed E-state index contributed by atoms with van der Waals surface area (Å²) in [6.07, 6.45) is 1.53. The van der Waals surface area contributed by atoms with E-state index in [1.165, 1.54) is 11.1 Å². The van der Waals surface area contributed by atoms with Crippen molar-refractivity contribution in [1.82, 2.24) is 5.32 Å². The Morgan fingerprint density at radius 2 is 2.19 bits per heavy atom. The van der Waals surface area contributed by atoms with Gasteiger partial charge in [-0.05, 0) is 29.9 Å². The Balaban J connectivity index is 2.47. The summed E-state index contributed by atoms with van der Waals surface area (Å²) < 4.78 is 5.68. The van der Waals surface area contributed by atoms with Gasteiger partial charge in [0.2, 0.25) is 0 Å². The number of carbonyl (C=O) groups is 1. The van der Waals surface area contributed by atoms with Gasteiger partial charge in [-0.3, -0.25) is 4.79 Å². The van der Waals surface area contributed by atoms with Gasteiger partial charge in [0.1, 0.15) is 5.75 Å². The van der Waals surface area contributed by atoms with Crippen LogP contribution in [0.4, 0.5) is 0 Å². The van der Waals surface area contributed by atoms with Gasteiger partial charge in [-0.25, -0.2) is 0 Å². The Morgan fingerprint density at radius 1 is 1.48 bits per heavy atom. The van der Waals surface area contributed by atoms with E-state index in [4.69, 9.17) is 4.74 Å². The van der Waals surface area contributed by atoms with E-state index in [2.05, 4.69) is 38.2 Å². The third-order valence-corrected chi connectivity index (χ3v) is 4.35. The number of hydrogen-bond donors (Lipinski definition) is 2. The molecule has 2 unspecified atom stereocenters. The number of hydrogen-bond acceptors (Lipinski definition) is 3. The van der Waals surface area contributed by atoms with E-state index < -0.39 is 5.97 Å². The van der Waals surface area contributed by atoms with E-state index >= 15 is 0 Å². The monoisotopic (exact) mass is 291 g/mol. The van der Waals surface area contributed by atoms with Gasteiger partial charge in [-0.2, -0.15) is 0 Å². The Labute approximate surface area is 126 Å². The molecule has 21 heavy (non-hydrogen) atoms. The Morgan fingerprint density at radius 3 is 2.67 bits per heavy atom. The van der Waals surface area contributed by atoms with E-state index in [-0.39, 0.29) is 12.0 Å². The molecule has 0 aliphatic carbocycles. The number of methoxy groups -OCH3 is 1. The van der Waals surface area contributed by atoms with Crippen molar-refractivity contribution < 1.29 is 14.6 Å². The van der Waals surface area contributed by atoms with Gasteiger partial charge in [0.15, 0.2) is 0 Å². The molecule has 1 aromatic carbocycles. The average Bonchev–Trinajstić information content (AvgIpc) is 2.94. The highest BCUT2D eigenvalue weighted by atomic mass is 16.5. The normalized spacial score (nSPS) is 21.8. The van der Waals surface area contributed by atoms with Crippen molar-refractivity contribution in [3.05, 3.63) is 28.8 Å². The lowest BCUT2D eigenvalue weighted by Crippen LogP contribution is -2.18. The maximum Gasteiger partial charge on any atom is 0.307 e. The van der Waals surface area contributed by atoms with Crippen LogP contribution < -0.4 is 10.1 Å². The van der Waals surface area contributed by atoms with Crippen LogP contribution in [0, 0.1) is 5.92 Å². The molecule has 1 aromatic rings. The Kier molecular flexibility index (Phi) is 4.88. The van der Waals surface area contributed by atoms with Crippen molar-refractivity contribution in [2.75, 3.05) is 13.7 Å². The van der Waals surface area contributed by atoms with Gasteiger partial charge < -0.3 is 15.2 Å². The fourth-order valence-corrected chi connectivity index (χ4v) is 3.19. The molecule has 0 amide bonds. The van der Waals surface area contributed by atoms with Crippen molar-refractivity contribution in [2.24, 2.45) is 5.92 Å². The lowest BCUT2D eigenvalue weighted by molar-refractivity contribution is -0.141. The van der Waals surface area contributed by atoms with Crippen LogP contribution in [-0.4, -0.2) is 24.7 Å². The molecule has 0 radical (unpaired) electrons. The molecule has 2 atom stereocenters. The summed E-state index contributed by atoms with van der Waals surface area (Å²) in [5.74, 6) is 0.268. The smallest absolute Gasteiger partial charge is 0.307 e. The predicted octanol–water partition coefficient (Wildman–Crippen LogP) is 3.12. The Hall–Kier alpha value is -1.55. The van der Waals surface area contributed by atoms with Crippen molar-refractivity contribution in [3.8, 4) is 5.75 Å². The second-order valence-corrected chi connectivity index (χ2v) is 6.00. The molecule has 1 fully saturated rings. The van der Waals surface area contributed by atoms with Crippen molar-refractivity contribution in [2.45, 2.75) is 45.6 Å². The largest absolute Gasteiger partial charge is 0.496 e. The molecule has 0 saturated carbocycles. The molecule has 116 valence electrons. The summed E-state index contributed by atoms with van der Waals surface area (Å²) in [5.41, 5.74) is 3.57. The van der Waals surface area contributed by atoms with Crippen LogP contribution in [0.25, 0.3) is 0 Å². The lowest BCUT2D eigenvalue weighted by atomic mass is 9.87. The molecule has 1 heterocycles. The molecule has 0 bridgehead atoms. The quantitative estimate of drug-likeness (QED) is 0.875. The molecule has 2 N–H and O–H groups in total. The minimum absolute atomic E-state index is 0.0601. The van der Waals surface area contributed by atoms with E-state index in [1.54, 1.807) is 7.11 Å². The molecule has 1 saturated heterocycles. The van der Waals surface area contributed by atoms with Crippen molar-refractivity contribution >= 4 is 5.97 Å². The highest BCUT2D eigenvalue weighted by molar-refractivity contribution is 5.71. The SMILES string of the molecule is CCc1ccc(C(C)C)c(C2CC(C(=O)O)CN2)c1OC. The number of ether oxygens (including phenoxy) is 1. The Bertz CT molecular complexity index is 525. The molecule has 0 aromatic heterocycles. The van der Waals surface area contributed by atoms with Crippen LogP contribution in [-0.2, 0) is 11.2 Å². The highest BCUT2D eigenvalue weighted by Crippen LogP contribution is 2.40. The second-order valence-electron chi connectivity index (χ2n) is 6.00. The van der Waals surface area contributed by atoms with Gasteiger partial charge in [0.05, 0.1) is 13.0 Å². The first-order valence-electron chi connectivity index (χ1n) is 7.65. The zero-order chi connectivity index (χ0) is 15.6. The third kappa shape index (κ3) is 3.05. The number of carboxylic acids is 1. The van der Waals surface area contributed by atoms with Crippen LogP contribution >= 0.6 is 0 Å². The maximum absolute atomic E-state index is 11.2. The van der Waals surface area contributed by atoms with Gasteiger partial charge in [0, 0.05) is 18.2 Å². The molecule has 4 heteroatoms. The maximum atomic E-state index is 11.2. The highest BCUT2D eigenvalue weighted by Gasteiger charge is 2.33. The fraction of sp³-hybridized carbons (Fsp3) is 0.588. The summed E-state index contributed by atoms with van der Waals surface area (Å²) in [5, 5.41) is 12.6. The summed E-state index contributed by atoms with van der Waals surface area (Å²) >= 11 is 0. The van der Waals surface area contributed by atoms with E-state index in [1.807, 2.05) is 0 Å². The molecule has 2 rings (SSSR count). The van der Waals surface area contributed by atoms with Crippen LogP contribution in [0.3, 0.4) is 0 Å². The zero-order valence-corrected chi connectivity index (χ0v) is 13.3. The molecule has 4 nitrogen and oxygen atoms in total. The summed E-state index contributed by atoms with van der Waals surface area (Å²) in [6.45, 7) is 6.96. The number of nitrogens with one attached hydrogen (secondary N) is 1. The second kappa shape index (κ2) is 6.48. The zero-order valence-electron chi connectivity index (χ0n) is 13.3. The number of benzene rings is 1. The first-order chi connectivity index (χ1) is 9.99. The van der Waals surface area contributed by atoms with Gasteiger partial charge >= 0.3 is 5.97 Å². The van der Waals surface area contributed by atoms with Crippen molar-refractivity contribution in [1.29, 1.82) is 0 Å². The fourth-order valence-electron chi connectivity index (χ4n) is 3.19. The van der Waals surface area contributed by atoms with Gasteiger partial charge in [-0.15, -0.1) is 0 Å². The number of carboxylic acid groups (broad SMARTS) is 1. The average molecular weight is 291 g/mol. The minimum Gasteiger partial charge on any atom is -0.496 e. The summed E-state index contributed by atoms with van der Waals surface area (Å²) in [6, 6.07) is 4.35. The topological polar surface area (TPSA) is 58.6 Å². The van der Waals surface area contributed by atoms with E-state index in [9.17, 15) is 9.90 Å². The number of aliphatic carboxylic acids is 1. The molecule has 1 aliphatic heterocycles. The lowest BCUT2D eigenvalue weighted by Gasteiger charge is -2.23. The van der Waals surface area contributed by atoms with Crippen LogP contribution in [0.2, 0.25) is 0 Å². The third-order valence-electron chi connectivity index (χ3n) is 4.35. The first-order valence-corrected chi connectivity index (χ1v) is 7.65. The predicted molar refractivity (Wildman–Crippen MR) is 82.9 cm³/mol. The molecular formula is C17H25NO3. The summed E-state index contributed by atoms with van der Waals surface area (Å²) in [4.78, 5) is 11.2. The first kappa shape index (κ1) is 15.8. The van der Waals surface area contributed by atoms with Crippen LogP contribution in [0.15, 0.2) is 12.1 Å².